The summed E-state index contributed by atoms with van der Waals surface area (Å²) in [6.45, 7) is 5.13. The zero-order valence-corrected chi connectivity index (χ0v) is 17.6. The molecule has 0 radical (unpaired) electrons. The van der Waals surface area contributed by atoms with Crippen molar-refractivity contribution in [3.63, 3.8) is 0 Å². The highest BCUT2D eigenvalue weighted by Crippen LogP contribution is 2.20. The molecule has 1 saturated heterocycles. The van der Waals surface area contributed by atoms with Crippen molar-refractivity contribution >= 4 is 34.7 Å². The van der Waals surface area contributed by atoms with E-state index in [9.17, 15) is 4.79 Å². The monoisotopic (exact) mass is 428 g/mol. The van der Waals surface area contributed by atoms with Crippen molar-refractivity contribution in [2.75, 3.05) is 31.1 Å². The van der Waals surface area contributed by atoms with Crippen molar-refractivity contribution in [2.45, 2.75) is 13.5 Å². The van der Waals surface area contributed by atoms with Crippen LogP contribution >= 0.6 is 22.9 Å². The summed E-state index contributed by atoms with van der Waals surface area (Å²) >= 11 is 7.51. The SMILES string of the molecule is Cc1nc(COc2cccc(C(=O)N3CCN(c4ccc(Cl)cn4)CC3)c2)cs1. The van der Waals surface area contributed by atoms with Crippen LogP contribution in [0.5, 0.6) is 5.75 Å². The smallest absolute Gasteiger partial charge is 0.254 e. The van der Waals surface area contributed by atoms with Gasteiger partial charge in [0.05, 0.1) is 15.7 Å². The Morgan fingerprint density at radius 2 is 2.03 bits per heavy atom. The zero-order chi connectivity index (χ0) is 20.2. The molecule has 8 heteroatoms. The van der Waals surface area contributed by atoms with E-state index < -0.39 is 0 Å². The molecule has 4 rings (SSSR count). The Balaban J connectivity index is 1.35. The van der Waals surface area contributed by atoms with Crippen molar-refractivity contribution in [1.82, 2.24) is 14.9 Å². The van der Waals surface area contributed by atoms with Crippen LogP contribution in [0, 0.1) is 6.92 Å². The topological polar surface area (TPSA) is 58.6 Å². The van der Waals surface area contributed by atoms with Crippen molar-refractivity contribution in [1.29, 1.82) is 0 Å². The maximum absolute atomic E-state index is 12.9. The van der Waals surface area contributed by atoms with E-state index in [-0.39, 0.29) is 5.91 Å². The number of nitrogens with zero attached hydrogens (tertiary/aromatic N) is 4. The maximum Gasteiger partial charge on any atom is 0.254 e. The molecule has 1 aliphatic rings. The molecule has 150 valence electrons. The van der Waals surface area contributed by atoms with Crippen molar-refractivity contribution in [3.05, 3.63) is 69.3 Å². The van der Waals surface area contributed by atoms with Gasteiger partial charge in [0.1, 0.15) is 18.2 Å². The van der Waals surface area contributed by atoms with Gasteiger partial charge in [-0.15, -0.1) is 11.3 Å². The lowest BCUT2D eigenvalue weighted by molar-refractivity contribution is 0.0746. The Kier molecular flexibility index (Phi) is 5.97. The first kappa shape index (κ1) is 19.7. The number of hydrogen-bond donors (Lipinski definition) is 0. The van der Waals surface area contributed by atoms with Crippen LogP contribution in [-0.4, -0.2) is 47.0 Å². The second kappa shape index (κ2) is 8.80. The fourth-order valence-corrected chi connectivity index (χ4v) is 3.94. The zero-order valence-electron chi connectivity index (χ0n) is 16.0. The third kappa shape index (κ3) is 4.86. The molecule has 0 aliphatic carbocycles. The number of carbonyl (C=O) groups excluding carboxylic acids is 1. The average molecular weight is 429 g/mol. The number of carbonyl (C=O) groups is 1. The molecule has 0 spiro atoms. The number of aromatic nitrogens is 2. The lowest BCUT2D eigenvalue weighted by atomic mass is 10.1. The normalized spacial score (nSPS) is 14.1. The van der Waals surface area contributed by atoms with Gasteiger partial charge >= 0.3 is 0 Å². The number of halogens is 1. The molecule has 0 N–H and O–H groups in total. The molecule has 1 aromatic carbocycles. The Morgan fingerprint density at radius 1 is 1.21 bits per heavy atom. The first-order valence-corrected chi connectivity index (χ1v) is 10.6. The Hall–Kier alpha value is -2.64. The van der Waals surface area contributed by atoms with Crippen LogP contribution in [-0.2, 0) is 6.61 Å². The molecule has 2 aromatic heterocycles. The number of hydrogen-bond acceptors (Lipinski definition) is 6. The van der Waals surface area contributed by atoms with Crippen LogP contribution in [0.3, 0.4) is 0 Å². The molecular formula is C21H21ClN4O2S. The number of pyridine rings is 1. The lowest BCUT2D eigenvalue weighted by Gasteiger charge is -2.35. The fraction of sp³-hybridized carbons (Fsp3) is 0.286. The largest absolute Gasteiger partial charge is 0.487 e. The van der Waals surface area contributed by atoms with Gasteiger partial charge in [-0.3, -0.25) is 4.79 Å². The van der Waals surface area contributed by atoms with Gasteiger partial charge in [-0.05, 0) is 37.3 Å². The summed E-state index contributed by atoms with van der Waals surface area (Å²) in [6, 6.07) is 11.1. The van der Waals surface area contributed by atoms with Crippen LogP contribution in [0.25, 0.3) is 0 Å². The highest BCUT2D eigenvalue weighted by atomic mass is 35.5. The molecule has 3 heterocycles. The molecule has 1 amide bonds. The first-order chi connectivity index (χ1) is 14.1. The summed E-state index contributed by atoms with van der Waals surface area (Å²) in [6.07, 6.45) is 1.65. The molecule has 0 unspecified atom stereocenters. The number of thiazole rings is 1. The van der Waals surface area contributed by atoms with E-state index in [4.69, 9.17) is 16.3 Å². The van der Waals surface area contributed by atoms with E-state index in [0.717, 1.165) is 29.6 Å². The van der Waals surface area contributed by atoms with Crippen LogP contribution in [0.15, 0.2) is 48.0 Å². The number of rotatable bonds is 5. The van der Waals surface area contributed by atoms with Gasteiger partial charge in [-0.1, -0.05) is 17.7 Å². The van der Waals surface area contributed by atoms with Crippen LogP contribution in [0.2, 0.25) is 5.02 Å². The van der Waals surface area contributed by atoms with Gasteiger partial charge in [0.25, 0.3) is 5.91 Å². The van der Waals surface area contributed by atoms with Crippen LogP contribution in [0.4, 0.5) is 5.82 Å². The van der Waals surface area contributed by atoms with E-state index >= 15 is 0 Å². The van der Waals surface area contributed by atoms with E-state index in [1.54, 1.807) is 23.6 Å². The minimum Gasteiger partial charge on any atom is -0.487 e. The molecule has 0 saturated carbocycles. The lowest BCUT2D eigenvalue weighted by Crippen LogP contribution is -2.49. The van der Waals surface area contributed by atoms with E-state index in [1.165, 1.54) is 0 Å². The Bertz CT molecular complexity index is 984. The molecule has 0 atom stereocenters. The van der Waals surface area contributed by atoms with Gasteiger partial charge in [0.15, 0.2) is 0 Å². The quantitative estimate of drug-likeness (QED) is 0.613. The Morgan fingerprint density at radius 3 is 2.72 bits per heavy atom. The minimum atomic E-state index is 0.0173. The highest BCUT2D eigenvalue weighted by Gasteiger charge is 2.23. The summed E-state index contributed by atoms with van der Waals surface area (Å²) in [7, 11) is 0. The standard InChI is InChI=1S/C21H21ClN4O2S/c1-15-24-18(14-29-15)13-28-19-4-2-3-16(11-19)21(27)26-9-7-25(8-10-26)20-6-5-17(22)12-23-20/h2-6,11-12,14H,7-10,13H2,1H3. The predicted octanol–water partition coefficient (Wildman–Crippen LogP) is 4.04. The minimum absolute atomic E-state index is 0.0173. The van der Waals surface area contributed by atoms with Gasteiger partial charge in [-0.25, -0.2) is 9.97 Å². The van der Waals surface area contributed by atoms with Gasteiger partial charge in [0.2, 0.25) is 0 Å². The van der Waals surface area contributed by atoms with E-state index in [2.05, 4.69) is 14.9 Å². The third-order valence-electron chi connectivity index (χ3n) is 4.74. The predicted molar refractivity (Wildman–Crippen MR) is 115 cm³/mol. The fourth-order valence-electron chi connectivity index (χ4n) is 3.23. The van der Waals surface area contributed by atoms with Gasteiger partial charge in [0, 0.05) is 43.3 Å². The van der Waals surface area contributed by atoms with Crippen molar-refractivity contribution < 1.29 is 9.53 Å². The number of amides is 1. The van der Waals surface area contributed by atoms with Crippen molar-refractivity contribution in [2.24, 2.45) is 0 Å². The number of ether oxygens (including phenoxy) is 1. The van der Waals surface area contributed by atoms with E-state index in [0.29, 0.717) is 36.0 Å². The highest BCUT2D eigenvalue weighted by molar-refractivity contribution is 7.09. The molecule has 3 aromatic rings. The second-order valence-electron chi connectivity index (χ2n) is 6.79. The summed E-state index contributed by atoms with van der Waals surface area (Å²) < 4.78 is 5.81. The number of anilines is 1. The first-order valence-electron chi connectivity index (χ1n) is 9.38. The van der Waals surface area contributed by atoms with Crippen LogP contribution < -0.4 is 9.64 Å². The third-order valence-corrected chi connectivity index (χ3v) is 5.78. The molecule has 1 fully saturated rings. The molecular weight excluding hydrogens is 408 g/mol. The summed E-state index contributed by atoms with van der Waals surface area (Å²) in [5, 5.41) is 3.62. The van der Waals surface area contributed by atoms with E-state index in [1.807, 2.05) is 47.5 Å². The van der Waals surface area contributed by atoms with Crippen LogP contribution in [0.1, 0.15) is 21.1 Å². The van der Waals surface area contributed by atoms with Gasteiger partial charge in [-0.2, -0.15) is 0 Å². The summed E-state index contributed by atoms with van der Waals surface area (Å²) in [5.74, 6) is 1.57. The number of aryl methyl sites for hydroxylation is 1. The second-order valence-corrected chi connectivity index (χ2v) is 8.29. The molecule has 29 heavy (non-hydrogen) atoms. The van der Waals surface area contributed by atoms with Crippen molar-refractivity contribution in [3.8, 4) is 5.75 Å². The van der Waals surface area contributed by atoms with Gasteiger partial charge < -0.3 is 14.5 Å². The molecule has 0 bridgehead atoms. The average Bonchev–Trinajstić information content (AvgIpc) is 3.18. The summed E-state index contributed by atoms with van der Waals surface area (Å²) in [4.78, 5) is 25.7. The molecule has 1 aliphatic heterocycles. The number of benzene rings is 1. The Labute approximate surface area is 178 Å². The number of piperazine rings is 1. The molecule has 6 nitrogen and oxygen atoms in total. The summed E-state index contributed by atoms with van der Waals surface area (Å²) in [5.41, 5.74) is 1.53. The maximum atomic E-state index is 12.9.